The maximum atomic E-state index is 12.9. The number of fused-ring (bicyclic) bond motifs is 3. The van der Waals surface area contributed by atoms with Gasteiger partial charge >= 0.3 is 5.97 Å². The second-order valence-electron chi connectivity index (χ2n) is 8.67. The van der Waals surface area contributed by atoms with Gasteiger partial charge in [0.2, 0.25) is 0 Å². The Balaban J connectivity index is 1.79. The summed E-state index contributed by atoms with van der Waals surface area (Å²) < 4.78 is 7.20. The number of carbonyl (C=O) groups is 2. The number of hydrogen-bond acceptors (Lipinski definition) is 3. The van der Waals surface area contributed by atoms with Crippen molar-refractivity contribution < 1.29 is 14.3 Å². The first-order chi connectivity index (χ1) is 13.7. The second kappa shape index (κ2) is 9.09. The summed E-state index contributed by atoms with van der Waals surface area (Å²) >= 11 is 12.8. The number of benzene rings is 1. The van der Waals surface area contributed by atoms with E-state index in [4.69, 9.17) is 27.9 Å². The van der Waals surface area contributed by atoms with Gasteiger partial charge in [-0.2, -0.15) is 0 Å². The van der Waals surface area contributed by atoms with E-state index in [9.17, 15) is 9.59 Å². The number of unbranched alkanes of at least 4 members (excludes halogenated alkanes) is 3. The van der Waals surface area contributed by atoms with Crippen LogP contribution in [0.15, 0.2) is 12.1 Å². The van der Waals surface area contributed by atoms with Crippen molar-refractivity contribution in [1.82, 2.24) is 4.57 Å². The third-order valence-corrected chi connectivity index (χ3v) is 6.07. The first kappa shape index (κ1) is 22.2. The average molecular weight is 438 g/mol. The van der Waals surface area contributed by atoms with E-state index in [1.807, 2.05) is 13.0 Å². The molecular weight excluding hydrogens is 409 g/mol. The van der Waals surface area contributed by atoms with E-state index in [0.717, 1.165) is 60.8 Å². The normalized spacial score (nSPS) is 15.6. The summed E-state index contributed by atoms with van der Waals surface area (Å²) in [5, 5.41) is 2.02. The molecule has 4 nitrogen and oxygen atoms in total. The van der Waals surface area contributed by atoms with Crippen molar-refractivity contribution in [3.8, 4) is 0 Å². The van der Waals surface area contributed by atoms with Crippen molar-refractivity contribution in [2.24, 2.45) is 5.41 Å². The molecule has 0 saturated carbocycles. The molecule has 0 saturated heterocycles. The molecule has 0 aliphatic heterocycles. The number of aromatic nitrogens is 1. The first-order valence-electron chi connectivity index (χ1n) is 10.4. The van der Waals surface area contributed by atoms with Crippen LogP contribution in [0.25, 0.3) is 10.9 Å². The molecule has 1 aliphatic rings. The number of nitrogens with zero attached hydrogens (tertiary/aromatic N) is 1. The molecule has 0 unspecified atom stereocenters. The summed E-state index contributed by atoms with van der Waals surface area (Å²) in [5.74, 6) is 0.0511. The van der Waals surface area contributed by atoms with Gasteiger partial charge in [-0.15, -0.1) is 0 Å². The lowest BCUT2D eigenvalue weighted by Gasteiger charge is -2.30. The number of aryl methyl sites for hydroxylation is 1. The summed E-state index contributed by atoms with van der Waals surface area (Å²) in [5.41, 5.74) is 2.73. The highest BCUT2D eigenvalue weighted by atomic mass is 35.5. The molecule has 158 valence electrons. The van der Waals surface area contributed by atoms with Gasteiger partial charge in [-0.3, -0.25) is 9.59 Å². The zero-order valence-corrected chi connectivity index (χ0v) is 19.0. The zero-order chi connectivity index (χ0) is 21.2. The number of ether oxygens (including phenoxy) is 1. The third kappa shape index (κ3) is 4.97. The summed E-state index contributed by atoms with van der Waals surface area (Å²) in [7, 11) is 0. The van der Waals surface area contributed by atoms with Crippen molar-refractivity contribution in [3.05, 3.63) is 33.4 Å². The van der Waals surface area contributed by atoms with E-state index in [1.54, 1.807) is 6.07 Å². The van der Waals surface area contributed by atoms with E-state index in [-0.39, 0.29) is 17.2 Å². The standard InChI is InChI=1S/C23H29Cl2NO3/c1-4-29-20(28)9-7-5-6-8-10-26-18-13-23(2,3)14-19(27)21(18)16-11-15(24)12-17(25)22(16)26/h11-12H,4-10,13-14H2,1-3H3. The van der Waals surface area contributed by atoms with Gasteiger partial charge in [0.1, 0.15) is 0 Å². The van der Waals surface area contributed by atoms with E-state index in [2.05, 4.69) is 18.4 Å². The highest BCUT2D eigenvalue weighted by Crippen LogP contribution is 2.42. The molecule has 3 rings (SSSR count). The van der Waals surface area contributed by atoms with E-state index in [0.29, 0.717) is 29.5 Å². The lowest BCUT2D eigenvalue weighted by atomic mass is 9.75. The van der Waals surface area contributed by atoms with Crippen molar-refractivity contribution in [2.45, 2.75) is 72.3 Å². The van der Waals surface area contributed by atoms with Gasteiger partial charge in [-0.1, -0.05) is 49.9 Å². The minimum absolute atomic E-state index is 0.0634. The molecule has 0 spiro atoms. The molecule has 1 aromatic heterocycles. The quantitative estimate of drug-likeness (QED) is 0.344. The molecule has 0 fully saturated rings. The van der Waals surface area contributed by atoms with Crippen molar-refractivity contribution in [2.75, 3.05) is 6.61 Å². The molecule has 1 aromatic carbocycles. The van der Waals surface area contributed by atoms with Crippen LogP contribution in [-0.4, -0.2) is 22.9 Å². The molecular formula is C23H29Cl2NO3. The Hall–Kier alpha value is -1.52. The minimum Gasteiger partial charge on any atom is -0.466 e. The molecule has 0 radical (unpaired) electrons. The van der Waals surface area contributed by atoms with Gasteiger partial charge in [0.05, 0.1) is 17.1 Å². The Labute approximate surface area is 182 Å². The summed E-state index contributed by atoms with van der Waals surface area (Å²) in [6, 6.07) is 3.62. The van der Waals surface area contributed by atoms with Crippen LogP contribution in [-0.2, 0) is 22.5 Å². The highest BCUT2D eigenvalue weighted by molar-refractivity contribution is 6.39. The SMILES string of the molecule is CCOC(=O)CCCCCCn1c2c(c3cc(Cl)cc(Cl)c31)C(=O)CC(C)(C)C2. The topological polar surface area (TPSA) is 48.3 Å². The molecule has 2 aromatic rings. The number of carbonyl (C=O) groups excluding carboxylic acids is 2. The largest absolute Gasteiger partial charge is 0.466 e. The Bertz CT molecular complexity index is 930. The Morgan fingerprint density at radius 1 is 1.14 bits per heavy atom. The monoisotopic (exact) mass is 437 g/mol. The van der Waals surface area contributed by atoms with E-state index < -0.39 is 0 Å². The number of hydrogen-bond donors (Lipinski definition) is 0. The fraction of sp³-hybridized carbons (Fsp3) is 0.565. The summed E-state index contributed by atoms with van der Waals surface area (Å²) in [4.78, 5) is 24.4. The Kier molecular flexibility index (Phi) is 6.95. The van der Waals surface area contributed by atoms with Gasteiger partial charge in [0.25, 0.3) is 0 Å². The molecule has 1 heterocycles. The highest BCUT2D eigenvalue weighted by Gasteiger charge is 2.35. The van der Waals surface area contributed by atoms with Crippen LogP contribution in [0.4, 0.5) is 0 Å². The minimum atomic E-state index is -0.123. The van der Waals surface area contributed by atoms with Gasteiger partial charge in [-0.25, -0.2) is 0 Å². The van der Waals surface area contributed by atoms with Gasteiger partial charge in [0, 0.05) is 41.1 Å². The molecule has 0 amide bonds. The van der Waals surface area contributed by atoms with Gasteiger partial charge in [0.15, 0.2) is 5.78 Å². The Morgan fingerprint density at radius 2 is 1.86 bits per heavy atom. The van der Waals surface area contributed by atoms with Crippen LogP contribution in [0.2, 0.25) is 10.0 Å². The number of ketones is 1. The molecule has 6 heteroatoms. The molecule has 0 N–H and O–H groups in total. The smallest absolute Gasteiger partial charge is 0.305 e. The fourth-order valence-corrected chi connectivity index (χ4v) is 4.96. The predicted molar refractivity (Wildman–Crippen MR) is 118 cm³/mol. The van der Waals surface area contributed by atoms with Gasteiger partial charge < -0.3 is 9.30 Å². The average Bonchev–Trinajstić information content (AvgIpc) is 2.90. The molecule has 0 bridgehead atoms. The van der Waals surface area contributed by atoms with E-state index in [1.165, 1.54) is 0 Å². The van der Waals surface area contributed by atoms with Crippen LogP contribution in [0, 0.1) is 5.41 Å². The molecule has 29 heavy (non-hydrogen) atoms. The maximum absolute atomic E-state index is 12.9. The predicted octanol–water partition coefficient (Wildman–Crippen LogP) is 6.62. The van der Waals surface area contributed by atoms with Crippen LogP contribution >= 0.6 is 23.2 Å². The van der Waals surface area contributed by atoms with Crippen LogP contribution in [0.5, 0.6) is 0 Å². The van der Waals surface area contributed by atoms with Crippen LogP contribution in [0.3, 0.4) is 0 Å². The first-order valence-corrected chi connectivity index (χ1v) is 11.2. The van der Waals surface area contributed by atoms with E-state index >= 15 is 0 Å². The number of esters is 1. The molecule has 0 atom stereocenters. The number of rotatable bonds is 8. The summed E-state index contributed by atoms with van der Waals surface area (Å²) in [6.07, 6.45) is 5.65. The number of Topliss-reactive ketones (excluding diaryl/α,β-unsaturated/α-hetero) is 1. The van der Waals surface area contributed by atoms with Crippen LogP contribution in [0.1, 0.15) is 75.3 Å². The zero-order valence-electron chi connectivity index (χ0n) is 17.4. The Morgan fingerprint density at radius 3 is 2.59 bits per heavy atom. The lowest BCUT2D eigenvalue weighted by molar-refractivity contribution is -0.143. The lowest BCUT2D eigenvalue weighted by Crippen LogP contribution is -2.28. The number of halogens is 2. The second-order valence-corrected chi connectivity index (χ2v) is 9.51. The fourth-order valence-electron chi connectivity index (χ4n) is 4.36. The third-order valence-electron chi connectivity index (χ3n) is 5.56. The van der Waals surface area contributed by atoms with Crippen molar-refractivity contribution in [3.63, 3.8) is 0 Å². The maximum Gasteiger partial charge on any atom is 0.305 e. The van der Waals surface area contributed by atoms with Gasteiger partial charge in [-0.05, 0) is 43.7 Å². The van der Waals surface area contributed by atoms with Crippen molar-refractivity contribution in [1.29, 1.82) is 0 Å². The molecule has 1 aliphatic carbocycles. The van der Waals surface area contributed by atoms with Crippen LogP contribution < -0.4 is 0 Å². The summed E-state index contributed by atoms with van der Waals surface area (Å²) in [6.45, 7) is 7.34. The van der Waals surface area contributed by atoms with Crippen molar-refractivity contribution >= 4 is 45.9 Å².